The van der Waals surface area contributed by atoms with Crippen molar-refractivity contribution in [2.45, 2.75) is 19.9 Å². The Hall–Kier alpha value is -0.710. The fourth-order valence-corrected chi connectivity index (χ4v) is 3.56. The van der Waals surface area contributed by atoms with Crippen LogP contribution in [0.3, 0.4) is 0 Å². The highest BCUT2D eigenvalue weighted by Gasteiger charge is 2.18. The minimum absolute atomic E-state index is 0.248. The Morgan fingerprint density at radius 1 is 1.47 bits per heavy atom. The molecule has 17 heavy (non-hydrogen) atoms. The van der Waals surface area contributed by atoms with E-state index in [2.05, 4.69) is 57.6 Å². The number of rotatable bonds is 4. The molecule has 0 saturated carbocycles. The van der Waals surface area contributed by atoms with E-state index >= 15 is 0 Å². The van der Waals surface area contributed by atoms with Crippen molar-refractivity contribution in [2.75, 3.05) is 6.54 Å². The first-order valence-corrected chi connectivity index (χ1v) is 7.28. The monoisotopic (exact) mass is 310 g/mol. The van der Waals surface area contributed by atoms with Crippen molar-refractivity contribution in [3.8, 4) is 0 Å². The van der Waals surface area contributed by atoms with Crippen molar-refractivity contribution in [1.82, 2.24) is 10.3 Å². The molecule has 0 saturated heterocycles. The van der Waals surface area contributed by atoms with Crippen LogP contribution in [0.5, 0.6) is 0 Å². The van der Waals surface area contributed by atoms with Crippen LogP contribution >= 0.6 is 27.3 Å². The van der Waals surface area contributed by atoms with Gasteiger partial charge in [-0.05, 0) is 58.0 Å². The van der Waals surface area contributed by atoms with Crippen LogP contribution in [0.25, 0.3) is 0 Å². The summed E-state index contributed by atoms with van der Waals surface area (Å²) in [5, 5.41) is 5.65. The molecule has 2 nitrogen and oxygen atoms in total. The number of pyridine rings is 1. The first-order chi connectivity index (χ1) is 8.24. The molecule has 2 aromatic rings. The van der Waals surface area contributed by atoms with E-state index < -0.39 is 0 Å². The molecule has 0 radical (unpaired) electrons. The number of nitrogens with one attached hydrogen (secondary N) is 1. The number of thiophene rings is 1. The molecule has 0 spiro atoms. The predicted octanol–water partition coefficient (Wildman–Crippen LogP) is 3.91. The van der Waals surface area contributed by atoms with Crippen molar-refractivity contribution in [1.29, 1.82) is 0 Å². The third-order valence-electron chi connectivity index (χ3n) is 2.69. The van der Waals surface area contributed by atoms with Gasteiger partial charge in [0.1, 0.15) is 0 Å². The lowest BCUT2D eigenvalue weighted by molar-refractivity contribution is 0.634. The zero-order valence-corrected chi connectivity index (χ0v) is 12.3. The van der Waals surface area contributed by atoms with Gasteiger partial charge in [-0.15, -0.1) is 11.3 Å². The summed E-state index contributed by atoms with van der Waals surface area (Å²) in [6, 6.07) is 4.44. The quantitative estimate of drug-likeness (QED) is 0.926. The predicted molar refractivity (Wildman–Crippen MR) is 76.5 cm³/mol. The Bertz CT molecular complexity index is 496. The molecule has 2 heterocycles. The molecule has 2 aromatic heterocycles. The Balaban J connectivity index is 2.43. The molecule has 0 amide bonds. The highest BCUT2D eigenvalue weighted by molar-refractivity contribution is 9.10. The van der Waals surface area contributed by atoms with Gasteiger partial charge in [0.05, 0.1) is 6.04 Å². The van der Waals surface area contributed by atoms with Gasteiger partial charge in [0.15, 0.2) is 0 Å². The number of hydrogen-bond donors (Lipinski definition) is 1. The maximum atomic E-state index is 4.16. The first-order valence-electron chi connectivity index (χ1n) is 5.60. The second-order valence-electron chi connectivity index (χ2n) is 3.86. The van der Waals surface area contributed by atoms with Gasteiger partial charge >= 0.3 is 0 Å². The lowest BCUT2D eigenvalue weighted by Crippen LogP contribution is -2.22. The minimum Gasteiger partial charge on any atom is -0.306 e. The summed E-state index contributed by atoms with van der Waals surface area (Å²) in [7, 11) is 0. The molecule has 90 valence electrons. The maximum Gasteiger partial charge on any atom is 0.0686 e. The van der Waals surface area contributed by atoms with Crippen molar-refractivity contribution in [2.24, 2.45) is 0 Å². The summed E-state index contributed by atoms with van der Waals surface area (Å²) in [6.07, 6.45) is 3.77. The molecule has 0 aliphatic rings. The van der Waals surface area contributed by atoms with Crippen LogP contribution in [0.2, 0.25) is 0 Å². The average Bonchev–Trinajstić information content (AvgIpc) is 2.74. The third-order valence-corrected chi connectivity index (χ3v) is 4.63. The van der Waals surface area contributed by atoms with Gasteiger partial charge in [0.25, 0.3) is 0 Å². The van der Waals surface area contributed by atoms with E-state index in [0.717, 1.165) is 6.54 Å². The Morgan fingerprint density at radius 2 is 2.29 bits per heavy atom. The van der Waals surface area contributed by atoms with E-state index in [9.17, 15) is 0 Å². The zero-order chi connectivity index (χ0) is 12.3. The van der Waals surface area contributed by atoms with Crippen LogP contribution in [-0.4, -0.2) is 11.5 Å². The van der Waals surface area contributed by atoms with Gasteiger partial charge in [-0.25, -0.2) is 0 Å². The van der Waals surface area contributed by atoms with Crippen molar-refractivity contribution < 1.29 is 0 Å². The third kappa shape index (κ3) is 2.76. The van der Waals surface area contributed by atoms with Crippen molar-refractivity contribution >= 4 is 27.3 Å². The molecule has 4 heteroatoms. The molecule has 1 N–H and O–H groups in total. The first kappa shape index (κ1) is 12.7. The van der Waals surface area contributed by atoms with E-state index in [-0.39, 0.29) is 6.04 Å². The van der Waals surface area contributed by atoms with Gasteiger partial charge in [-0.1, -0.05) is 6.92 Å². The topological polar surface area (TPSA) is 24.9 Å². The van der Waals surface area contributed by atoms with Gasteiger partial charge in [-0.3, -0.25) is 4.98 Å². The fourth-order valence-electron chi connectivity index (χ4n) is 1.87. The number of aryl methyl sites for hydroxylation is 1. The van der Waals surface area contributed by atoms with Crippen LogP contribution in [0, 0.1) is 6.92 Å². The molecule has 1 unspecified atom stereocenters. The molecule has 0 aliphatic heterocycles. The molecule has 0 bridgehead atoms. The summed E-state index contributed by atoms with van der Waals surface area (Å²) < 4.78 is 1.17. The fraction of sp³-hybridized carbons (Fsp3) is 0.308. The van der Waals surface area contributed by atoms with Crippen LogP contribution in [0.4, 0.5) is 0 Å². The molecule has 2 rings (SSSR count). The zero-order valence-electron chi connectivity index (χ0n) is 9.90. The number of nitrogens with zero attached hydrogens (tertiary/aromatic N) is 1. The van der Waals surface area contributed by atoms with Crippen LogP contribution in [0.15, 0.2) is 34.4 Å². The van der Waals surface area contributed by atoms with Gasteiger partial charge < -0.3 is 5.32 Å². The normalized spacial score (nSPS) is 12.6. The van der Waals surface area contributed by atoms with Gasteiger partial charge in [-0.2, -0.15) is 0 Å². The summed E-state index contributed by atoms with van der Waals surface area (Å²) in [4.78, 5) is 5.48. The molecule has 0 fully saturated rings. The largest absolute Gasteiger partial charge is 0.306 e. The highest BCUT2D eigenvalue weighted by Crippen LogP contribution is 2.33. The number of aromatic nitrogens is 1. The van der Waals surface area contributed by atoms with E-state index in [1.807, 2.05) is 12.4 Å². The lowest BCUT2D eigenvalue weighted by atomic mass is 10.0. The minimum atomic E-state index is 0.248. The maximum absolute atomic E-state index is 4.16. The summed E-state index contributed by atoms with van der Waals surface area (Å²) in [5.41, 5.74) is 2.52. The van der Waals surface area contributed by atoms with Crippen molar-refractivity contribution in [3.63, 3.8) is 0 Å². The summed E-state index contributed by atoms with van der Waals surface area (Å²) in [5.74, 6) is 0. The molecular weight excluding hydrogens is 296 g/mol. The van der Waals surface area contributed by atoms with Gasteiger partial charge in [0.2, 0.25) is 0 Å². The van der Waals surface area contributed by atoms with Crippen molar-refractivity contribution in [3.05, 3.63) is 50.4 Å². The molecule has 0 aromatic carbocycles. The van der Waals surface area contributed by atoms with E-state index in [1.165, 1.54) is 20.5 Å². The molecular formula is C13H15BrN2S. The van der Waals surface area contributed by atoms with E-state index in [1.54, 1.807) is 11.3 Å². The number of hydrogen-bond acceptors (Lipinski definition) is 3. The van der Waals surface area contributed by atoms with E-state index in [0.29, 0.717) is 0 Å². The summed E-state index contributed by atoms with van der Waals surface area (Å²) in [6.45, 7) is 5.18. The second kappa shape index (κ2) is 5.76. The Morgan fingerprint density at radius 3 is 2.88 bits per heavy atom. The van der Waals surface area contributed by atoms with Crippen LogP contribution < -0.4 is 5.32 Å². The van der Waals surface area contributed by atoms with Gasteiger partial charge in [0, 0.05) is 21.7 Å². The van der Waals surface area contributed by atoms with Crippen LogP contribution in [0.1, 0.15) is 29.0 Å². The summed E-state index contributed by atoms with van der Waals surface area (Å²) >= 11 is 5.38. The second-order valence-corrected chi connectivity index (χ2v) is 5.66. The Kier molecular flexibility index (Phi) is 4.31. The van der Waals surface area contributed by atoms with Crippen LogP contribution in [-0.2, 0) is 0 Å². The highest BCUT2D eigenvalue weighted by atomic mass is 79.9. The standard InChI is InChI=1S/C13H15BrN2S/c1-3-16-12(13-11(14)5-7-17-13)10-4-6-15-8-9(10)2/h4-8,12,16H,3H2,1-2H3. The lowest BCUT2D eigenvalue weighted by Gasteiger charge is -2.19. The Labute approximate surface area is 114 Å². The molecule has 0 aliphatic carbocycles. The van der Waals surface area contributed by atoms with E-state index in [4.69, 9.17) is 0 Å². The SMILES string of the molecule is CCNC(c1ccncc1C)c1sccc1Br. The average molecular weight is 311 g/mol. The molecule has 1 atom stereocenters. The number of halogens is 1. The smallest absolute Gasteiger partial charge is 0.0686 e.